The van der Waals surface area contributed by atoms with E-state index in [-0.39, 0.29) is 5.91 Å². The Morgan fingerprint density at radius 2 is 1.87 bits per heavy atom. The Kier molecular flexibility index (Phi) is 4.33. The van der Waals surface area contributed by atoms with Crippen molar-refractivity contribution in [3.05, 3.63) is 70.2 Å². The van der Waals surface area contributed by atoms with Crippen molar-refractivity contribution in [3.8, 4) is 0 Å². The predicted molar refractivity (Wildman–Crippen MR) is 93.0 cm³/mol. The SMILES string of the molecule is CCC1=NN(C(=O)c2ccccc2)[C@](O)(c2ccc(Br)cc2)C1. The molecule has 0 unspecified atom stereocenters. The molecule has 0 aromatic heterocycles. The Balaban J connectivity index is 2.02. The summed E-state index contributed by atoms with van der Waals surface area (Å²) < 4.78 is 0.917. The van der Waals surface area contributed by atoms with Gasteiger partial charge in [-0.15, -0.1) is 0 Å². The van der Waals surface area contributed by atoms with Crippen LogP contribution in [0.5, 0.6) is 0 Å². The highest BCUT2D eigenvalue weighted by Gasteiger charge is 2.45. The van der Waals surface area contributed by atoms with Crippen LogP contribution >= 0.6 is 15.9 Å². The second kappa shape index (κ2) is 6.26. The number of carbonyl (C=O) groups excluding carboxylic acids is 1. The fraction of sp³-hybridized carbons (Fsp3) is 0.222. The van der Waals surface area contributed by atoms with Crippen molar-refractivity contribution in [2.45, 2.75) is 25.5 Å². The van der Waals surface area contributed by atoms with Crippen LogP contribution in [-0.2, 0) is 5.72 Å². The minimum Gasteiger partial charge on any atom is -0.365 e. The fourth-order valence-electron chi connectivity index (χ4n) is 2.67. The maximum atomic E-state index is 12.8. The number of rotatable bonds is 3. The minimum absolute atomic E-state index is 0.306. The molecule has 5 heteroatoms. The third kappa shape index (κ3) is 2.94. The van der Waals surface area contributed by atoms with Gasteiger partial charge in [0.1, 0.15) is 0 Å². The number of carbonyl (C=O) groups is 1. The molecule has 0 spiro atoms. The summed E-state index contributed by atoms with van der Waals surface area (Å²) in [5, 5.41) is 16.8. The second-order valence-corrected chi connectivity index (χ2v) is 6.42. The van der Waals surface area contributed by atoms with E-state index in [1.165, 1.54) is 5.01 Å². The van der Waals surface area contributed by atoms with Gasteiger partial charge in [0, 0.05) is 27.7 Å². The maximum Gasteiger partial charge on any atom is 0.276 e. The van der Waals surface area contributed by atoms with Gasteiger partial charge >= 0.3 is 0 Å². The molecular formula is C18H17BrN2O2. The zero-order valence-electron chi connectivity index (χ0n) is 12.7. The van der Waals surface area contributed by atoms with Crippen molar-refractivity contribution in [2.24, 2.45) is 5.10 Å². The van der Waals surface area contributed by atoms with E-state index >= 15 is 0 Å². The number of amides is 1. The van der Waals surface area contributed by atoms with Crippen LogP contribution in [0, 0.1) is 0 Å². The number of hydrogen-bond donors (Lipinski definition) is 1. The largest absolute Gasteiger partial charge is 0.365 e. The monoisotopic (exact) mass is 372 g/mol. The summed E-state index contributed by atoms with van der Waals surface area (Å²) in [5.74, 6) is -0.306. The molecule has 0 fully saturated rings. The molecule has 1 heterocycles. The van der Waals surface area contributed by atoms with E-state index in [0.717, 1.165) is 10.2 Å². The highest BCUT2D eigenvalue weighted by Crippen LogP contribution is 2.37. The average Bonchev–Trinajstić information content (AvgIpc) is 2.93. The van der Waals surface area contributed by atoms with Gasteiger partial charge in [-0.25, -0.2) is 0 Å². The van der Waals surface area contributed by atoms with E-state index in [9.17, 15) is 9.90 Å². The number of benzene rings is 2. The first-order chi connectivity index (χ1) is 11.0. The Hall–Kier alpha value is -1.98. The van der Waals surface area contributed by atoms with Gasteiger partial charge in [0.05, 0.1) is 0 Å². The van der Waals surface area contributed by atoms with Crippen molar-refractivity contribution in [1.29, 1.82) is 0 Å². The molecule has 0 radical (unpaired) electrons. The molecule has 1 aliphatic rings. The number of halogens is 1. The molecule has 1 aliphatic heterocycles. The lowest BCUT2D eigenvalue weighted by Crippen LogP contribution is -2.43. The van der Waals surface area contributed by atoms with Crippen LogP contribution < -0.4 is 0 Å². The van der Waals surface area contributed by atoms with Crippen molar-refractivity contribution in [3.63, 3.8) is 0 Å². The number of nitrogens with zero attached hydrogens (tertiary/aromatic N) is 2. The Bertz CT molecular complexity index is 743. The second-order valence-electron chi connectivity index (χ2n) is 5.50. The van der Waals surface area contributed by atoms with Crippen molar-refractivity contribution >= 4 is 27.5 Å². The van der Waals surface area contributed by atoms with E-state index in [1.807, 2.05) is 37.3 Å². The van der Waals surface area contributed by atoms with Gasteiger partial charge in [-0.3, -0.25) is 4.79 Å². The quantitative estimate of drug-likeness (QED) is 0.887. The first kappa shape index (κ1) is 15.9. The van der Waals surface area contributed by atoms with E-state index in [4.69, 9.17) is 0 Å². The molecule has 3 rings (SSSR count). The van der Waals surface area contributed by atoms with Crippen molar-refractivity contribution in [1.82, 2.24) is 5.01 Å². The van der Waals surface area contributed by atoms with E-state index in [1.54, 1.807) is 24.3 Å². The van der Waals surface area contributed by atoms with Gasteiger partial charge < -0.3 is 5.11 Å². The molecule has 2 aromatic carbocycles. The zero-order chi connectivity index (χ0) is 16.4. The number of hydrazone groups is 1. The lowest BCUT2D eigenvalue weighted by atomic mass is 9.96. The van der Waals surface area contributed by atoms with Gasteiger partial charge in [-0.1, -0.05) is 53.2 Å². The molecular weight excluding hydrogens is 356 g/mol. The molecule has 0 saturated carbocycles. The van der Waals surface area contributed by atoms with Gasteiger partial charge in [0.2, 0.25) is 0 Å². The summed E-state index contributed by atoms with van der Waals surface area (Å²) in [7, 11) is 0. The van der Waals surface area contributed by atoms with Crippen LogP contribution in [0.1, 0.15) is 35.7 Å². The lowest BCUT2D eigenvalue weighted by molar-refractivity contribution is -0.0765. The van der Waals surface area contributed by atoms with Crippen LogP contribution in [0.3, 0.4) is 0 Å². The topological polar surface area (TPSA) is 52.9 Å². The molecule has 0 bridgehead atoms. The first-order valence-electron chi connectivity index (χ1n) is 7.49. The third-order valence-corrected chi connectivity index (χ3v) is 4.50. The van der Waals surface area contributed by atoms with Crippen molar-refractivity contribution in [2.75, 3.05) is 0 Å². The smallest absolute Gasteiger partial charge is 0.276 e. The molecule has 1 N–H and O–H groups in total. The van der Waals surface area contributed by atoms with Crippen LogP contribution in [0.4, 0.5) is 0 Å². The number of aliphatic hydroxyl groups is 1. The number of hydrogen-bond acceptors (Lipinski definition) is 3. The third-order valence-electron chi connectivity index (χ3n) is 3.97. The van der Waals surface area contributed by atoms with E-state index in [2.05, 4.69) is 21.0 Å². The minimum atomic E-state index is -1.45. The molecule has 1 amide bonds. The Labute approximate surface area is 143 Å². The van der Waals surface area contributed by atoms with Gasteiger partial charge in [-0.2, -0.15) is 10.1 Å². The Morgan fingerprint density at radius 3 is 2.48 bits per heavy atom. The van der Waals surface area contributed by atoms with Gasteiger partial charge in [0.25, 0.3) is 5.91 Å². The molecule has 1 atom stereocenters. The average molecular weight is 373 g/mol. The van der Waals surface area contributed by atoms with E-state index < -0.39 is 5.72 Å². The summed E-state index contributed by atoms with van der Waals surface area (Å²) in [6.07, 6.45) is 1.01. The molecule has 118 valence electrons. The van der Waals surface area contributed by atoms with E-state index in [0.29, 0.717) is 24.0 Å². The summed E-state index contributed by atoms with van der Waals surface area (Å²) in [6.45, 7) is 1.97. The summed E-state index contributed by atoms with van der Waals surface area (Å²) in [5.41, 5.74) is 0.514. The maximum absolute atomic E-state index is 12.8. The van der Waals surface area contributed by atoms with Crippen LogP contribution in [0.15, 0.2) is 64.2 Å². The highest BCUT2D eigenvalue weighted by molar-refractivity contribution is 9.10. The van der Waals surface area contributed by atoms with Gasteiger partial charge in [0.15, 0.2) is 5.72 Å². The predicted octanol–water partition coefficient (Wildman–Crippen LogP) is 3.91. The highest BCUT2D eigenvalue weighted by atomic mass is 79.9. The lowest BCUT2D eigenvalue weighted by Gasteiger charge is -2.31. The Morgan fingerprint density at radius 1 is 1.22 bits per heavy atom. The normalized spacial score (nSPS) is 20.5. The summed E-state index contributed by atoms with van der Waals surface area (Å²) in [6, 6.07) is 16.2. The molecule has 0 aliphatic carbocycles. The fourth-order valence-corrected chi connectivity index (χ4v) is 2.94. The van der Waals surface area contributed by atoms with Crippen molar-refractivity contribution < 1.29 is 9.90 Å². The van der Waals surface area contributed by atoms with Crippen LogP contribution in [-0.4, -0.2) is 21.7 Å². The van der Waals surface area contributed by atoms with Gasteiger partial charge in [-0.05, 0) is 30.7 Å². The van der Waals surface area contributed by atoms with Crippen LogP contribution in [0.2, 0.25) is 0 Å². The molecule has 2 aromatic rings. The first-order valence-corrected chi connectivity index (χ1v) is 8.28. The summed E-state index contributed by atoms with van der Waals surface area (Å²) in [4.78, 5) is 12.8. The molecule has 23 heavy (non-hydrogen) atoms. The molecule has 0 saturated heterocycles. The van der Waals surface area contributed by atoms with Crippen LogP contribution in [0.25, 0.3) is 0 Å². The zero-order valence-corrected chi connectivity index (χ0v) is 14.3. The standard InChI is InChI=1S/C18H17BrN2O2/c1-2-16-12-18(23,14-8-10-15(19)11-9-14)21(20-16)17(22)13-6-4-3-5-7-13/h3-11,23H,2,12H2,1H3/t18-/m1/s1. The summed E-state index contributed by atoms with van der Waals surface area (Å²) >= 11 is 3.39. The molecule has 4 nitrogen and oxygen atoms in total.